The Morgan fingerprint density at radius 3 is 2.58 bits per heavy atom. The summed E-state index contributed by atoms with van der Waals surface area (Å²) in [5.74, 6) is -0.516. The van der Waals surface area contributed by atoms with Gasteiger partial charge in [-0.1, -0.05) is 0 Å². The Morgan fingerprint density at radius 2 is 2.17 bits per heavy atom. The van der Waals surface area contributed by atoms with Crippen molar-refractivity contribution in [2.75, 3.05) is 6.61 Å². The van der Waals surface area contributed by atoms with E-state index in [-0.39, 0.29) is 0 Å². The van der Waals surface area contributed by atoms with Gasteiger partial charge in [-0.05, 0) is 19.9 Å². The first-order valence-corrected chi connectivity index (χ1v) is 3.79. The number of aliphatic hydroxyl groups is 2. The minimum absolute atomic E-state index is 0.300. The Bertz CT molecular complexity index is 162. The van der Waals surface area contributed by atoms with Crippen molar-refractivity contribution < 1.29 is 19.7 Å². The molecule has 0 saturated carbocycles. The summed E-state index contributed by atoms with van der Waals surface area (Å²) in [5.41, 5.74) is 0. The summed E-state index contributed by atoms with van der Waals surface area (Å²) in [4.78, 5) is 10.7. The predicted octanol–water partition coefficient (Wildman–Crippen LogP) is -0.153. The van der Waals surface area contributed by atoms with Gasteiger partial charge in [0.25, 0.3) is 0 Å². The third kappa shape index (κ3) is 4.87. The van der Waals surface area contributed by atoms with Crippen LogP contribution in [0.5, 0.6) is 0 Å². The van der Waals surface area contributed by atoms with Crippen LogP contribution in [0.1, 0.15) is 13.8 Å². The molecule has 0 fully saturated rings. The Morgan fingerprint density at radius 1 is 1.58 bits per heavy atom. The van der Waals surface area contributed by atoms with Crippen molar-refractivity contribution in [1.29, 1.82) is 0 Å². The Kier molecular flexibility index (Phi) is 5.32. The molecular weight excluding hydrogens is 160 g/mol. The second kappa shape index (κ2) is 5.74. The van der Waals surface area contributed by atoms with Crippen molar-refractivity contribution in [1.82, 2.24) is 0 Å². The Balaban J connectivity index is 3.81. The van der Waals surface area contributed by atoms with Gasteiger partial charge in [-0.2, -0.15) is 0 Å². The SMILES string of the molecule is CCOC(=O)/C=C/[C@@H](O)[C@@H](C)O. The van der Waals surface area contributed by atoms with E-state index in [9.17, 15) is 4.79 Å². The maximum Gasteiger partial charge on any atom is 0.330 e. The molecule has 0 aliphatic rings. The first-order chi connectivity index (χ1) is 5.57. The molecule has 0 spiro atoms. The molecule has 12 heavy (non-hydrogen) atoms. The Labute approximate surface area is 71.5 Å². The van der Waals surface area contributed by atoms with Crippen molar-refractivity contribution in [2.45, 2.75) is 26.1 Å². The summed E-state index contributed by atoms with van der Waals surface area (Å²) in [7, 11) is 0. The van der Waals surface area contributed by atoms with Crippen LogP contribution < -0.4 is 0 Å². The molecule has 0 aromatic heterocycles. The van der Waals surface area contributed by atoms with E-state index in [0.29, 0.717) is 6.61 Å². The summed E-state index contributed by atoms with van der Waals surface area (Å²) < 4.78 is 4.55. The molecule has 0 amide bonds. The van der Waals surface area contributed by atoms with Gasteiger partial charge in [0.15, 0.2) is 0 Å². The lowest BCUT2D eigenvalue weighted by Crippen LogP contribution is -2.20. The summed E-state index contributed by atoms with van der Waals surface area (Å²) in [5, 5.41) is 17.8. The lowest BCUT2D eigenvalue weighted by Gasteiger charge is -2.07. The van der Waals surface area contributed by atoms with E-state index >= 15 is 0 Å². The number of hydrogen-bond donors (Lipinski definition) is 2. The van der Waals surface area contributed by atoms with Crippen molar-refractivity contribution in [3.63, 3.8) is 0 Å². The van der Waals surface area contributed by atoms with Gasteiger partial charge >= 0.3 is 5.97 Å². The van der Waals surface area contributed by atoms with Gasteiger partial charge in [0, 0.05) is 6.08 Å². The van der Waals surface area contributed by atoms with E-state index < -0.39 is 18.2 Å². The summed E-state index contributed by atoms with van der Waals surface area (Å²) in [6, 6.07) is 0. The average molecular weight is 174 g/mol. The standard InChI is InChI=1S/C8H14O4/c1-3-12-8(11)5-4-7(10)6(2)9/h4-7,9-10H,3H2,1-2H3/b5-4+/t6-,7-/m1/s1. The molecule has 4 nitrogen and oxygen atoms in total. The highest BCUT2D eigenvalue weighted by molar-refractivity contribution is 5.81. The molecule has 0 saturated heterocycles. The quantitative estimate of drug-likeness (QED) is 0.459. The zero-order valence-corrected chi connectivity index (χ0v) is 7.23. The number of hydrogen-bond acceptors (Lipinski definition) is 4. The lowest BCUT2D eigenvalue weighted by molar-refractivity contribution is -0.137. The minimum atomic E-state index is -1.02. The van der Waals surface area contributed by atoms with E-state index in [2.05, 4.69) is 4.74 Å². The van der Waals surface area contributed by atoms with Crippen LogP contribution >= 0.6 is 0 Å². The van der Waals surface area contributed by atoms with E-state index in [1.165, 1.54) is 13.0 Å². The van der Waals surface area contributed by atoms with Crippen LogP contribution in [0.3, 0.4) is 0 Å². The molecule has 0 rings (SSSR count). The fourth-order valence-electron chi connectivity index (χ4n) is 0.528. The topological polar surface area (TPSA) is 66.8 Å². The monoisotopic (exact) mass is 174 g/mol. The maximum absolute atomic E-state index is 10.7. The Hall–Kier alpha value is -0.870. The molecule has 0 aliphatic heterocycles. The van der Waals surface area contributed by atoms with Crippen LogP contribution in [0.25, 0.3) is 0 Å². The average Bonchev–Trinajstić information content (AvgIpc) is 2.00. The molecule has 2 atom stereocenters. The summed E-state index contributed by atoms with van der Waals surface area (Å²) >= 11 is 0. The van der Waals surface area contributed by atoms with Crippen LogP contribution in [0.4, 0.5) is 0 Å². The third-order valence-electron chi connectivity index (χ3n) is 1.21. The second-order valence-corrected chi connectivity index (χ2v) is 2.34. The van der Waals surface area contributed by atoms with E-state index in [0.717, 1.165) is 6.08 Å². The highest BCUT2D eigenvalue weighted by atomic mass is 16.5. The van der Waals surface area contributed by atoms with Gasteiger partial charge in [0.2, 0.25) is 0 Å². The number of esters is 1. The van der Waals surface area contributed by atoms with Crippen LogP contribution in [-0.2, 0) is 9.53 Å². The highest BCUT2D eigenvalue weighted by Gasteiger charge is 2.06. The molecule has 70 valence electrons. The van der Waals surface area contributed by atoms with E-state index in [1.54, 1.807) is 6.92 Å². The van der Waals surface area contributed by atoms with Gasteiger partial charge in [0.05, 0.1) is 18.8 Å². The smallest absolute Gasteiger partial charge is 0.330 e. The lowest BCUT2D eigenvalue weighted by atomic mass is 10.2. The number of aliphatic hydroxyl groups excluding tert-OH is 2. The van der Waals surface area contributed by atoms with E-state index in [1.807, 2.05) is 0 Å². The van der Waals surface area contributed by atoms with Crippen molar-refractivity contribution in [3.8, 4) is 0 Å². The number of carbonyl (C=O) groups excluding carboxylic acids is 1. The first-order valence-electron chi connectivity index (χ1n) is 3.79. The van der Waals surface area contributed by atoms with Gasteiger partial charge in [-0.15, -0.1) is 0 Å². The first kappa shape index (κ1) is 11.1. The molecule has 0 unspecified atom stereocenters. The van der Waals surface area contributed by atoms with Crippen LogP contribution in [0.2, 0.25) is 0 Å². The molecule has 0 heterocycles. The normalized spacial score (nSPS) is 16.0. The number of carbonyl (C=O) groups is 1. The van der Waals surface area contributed by atoms with Crippen molar-refractivity contribution >= 4 is 5.97 Å². The van der Waals surface area contributed by atoms with Gasteiger partial charge < -0.3 is 14.9 Å². The summed E-state index contributed by atoms with van der Waals surface area (Å²) in [6.45, 7) is 3.42. The molecule has 4 heteroatoms. The van der Waals surface area contributed by atoms with Crippen LogP contribution in [0.15, 0.2) is 12.2 Å². The molecule has 0 radical (unpaired) electrons. The number of ether oxygens (including phenoxy) is 1. The van der Waals surface area contributed by atoms with E-state index in [4.69, 9.17) is 10.2 Å². The zero-order chi connectivity index (χ0) is 9.56. The molecule has 0 bridgehead atoms. The minimum Gasteiger partial charge on any atom is -0.463 e. The molecule has 0 aliphatic carbocycles. The molecular formula is C8H14O4. The van der Waals surface area contributed by atoms with Gasteiger partial charge in [0.1, 0.15) is 0 Å². The molecule has 2 N–H and O–H groups in total. The van der Waals surface area contributed by atoms with Crippen molar-refractivity contribution in [3.05, 3.63) is 12.2 Å². The number of rotatable bonds is 4. The zero-order valence-electron chi connectivity index (χ0n) is 7.23. The van der Waals surface area contributed by atoms with Crippen molar-refractivity contribution in [2.24, 2.45) is 0 Å². The fraction of sp³-hybridized carbons (Fsp3) is 0.625. The fourth-order valence-corrected chi connectivity index (χ4v) is 0.528. The van der Waals surface area contributed by atoms with Crippen LogP contribution in [-0.4, -0.2) is 35.0 Å². The third-order valence-corrected chi connectivity index (χ3v) is 1.21. The molecule has 0 aromatic carbocycles. The van der Waals surface area contributed by atoms with Gasteiger partial charge in [-0.25, -0.2) is 4.79 Å². The second-order valence-electron chi connectivity index (χ2n) is 2.34. The van der Waals surface area contributed by atoms with Crippen LogP contribution in [0, 0.1) is 0 Å². The van der Waals surface area contributed by atoms with Gasteiger partial charge in [-0.3, -0.25) is 0 Å². The molecule has 0 aromatic rings. The maximum atomic E-state index is 10.7. The predicted molar refractivity (Wildman–Crippen MR) is 43.5 cm³/mol. The largest absolute Gasteiger partial charge is 0.463 e. The summed E-state index contributed by atoms with van der Waals surface area (Å²) in [6.07, 6.45) is 0.397. The highest BCUT2D eigenvalue weighted by Crippen LogP contribution is 1.94.